The third-order valence-corrected chi connectivity index (χ3v) is 5.49. The van der Waals surface area contributed by atoms with Gasteiger partial charge in [-0.05, 0) is 36.4 Å². The highest BCUT2D eigenvalue weighted by Gasteiger charge is 2.10. The van der Waals surface area contributed by atoms with Gasteiger partial charge in [-0.25, -0.2) is 4.99 Å². The first kappa shape index (κ1) is 18.6. The molecule has 1 amide bonds. The van der Waals surface area contributed by atoms with E-state index in [-0.39, 0.29) is 5.91 Å². The number of nitrogens with one attached hydrogen (secondary N) is 1. The van der Waals surface area contributed by atoms with E-state index in [4.69, 9.17) is 4.99 Å². The second-order valence-electron chi connectivity index (χ2n) is 5.17. The Morgan fingerprint density at radius 3 is 2.46 bits per heavy atom. The molecule has 0 fully saturated rings. The summed E-state index contributed by atoms with van der Waals surface area (Å²) in [5.74, 6) is 1.64. The van der Waals surface area contributed by atoms with E-state index in [1.807, 2.05) is 36.4 Å². The van der Waals surface area contributed by atoms with Crippen LogP contribution >= 0.6 is 23.5 Å². The first-order valence-corrected chi connectivity index (χ1v) is 9.82. The number of benzene rings is 2. The van der Waals surface area contributed by atoms with E-state index >= 15 is 0 Å². The molecule has 2 aromatic rings. The minimum absolute atomic E-state index is 0.0497. The summed E-state index contributed by atoms with van der Waals surface area (Å²) in [6, 6.07) is 15.9. The molecule has 0 unspecified atom stereocenters. The Hall–Kier alpha value is -1.72. The third kappa shape index (κ3) is 5.42. The van der Waals surface area contributed by atoms with Crippen LogP contribution in [-0.4, -0.2) is 23.1 Å². The molecule has 3 nitrogen and oxygen atoms in total. The normalized spacial score (nSPS) is 11.4. The number of aryl methyl sites for hydroxylation is 1. The molecular weight excluding hydrogens is 336 g/mol. The van der Waals surface area contributed by atoms with Crippen molar-refractivity contribution in [2.45, 2.75) is 19.6 Å². The van der Waals surface area contributed by atoms with Crippen molar-refractivity contribution < 1.29 is 4.79 Å². The van der Waals surface area contributed by atoms with Gasteiger partial charge in [0.2, 0.25) is 0 Å². The molecular formula is C19H22N2OS2. The monoisotopic (exact) mass is 358 g/mol. The van der Waals surface area contributed by atoms with Crippen LogP contribution in [0.4, 0.5) is 5.69 Å². The van der Waals surface area contributed by atoms with E-state index in [0.29, 0.717) is 0 Å². The van der Waals surface area contributed by atoms with Crippen LogP contribution in [0.1, 0.15) is 28.4 Å². The Morgan fingerprint density at radius 1 is 1.08 bits per heavy atom. The summed E-state index contributed by atoms with van der Waals surface area (Å²) < 4.78 is 1.02. The van der Waals surface area contributed by atoms with Crippen LogP contribution in [0.25, 0.3) is 0 Å². The molecule has 126 valence electrons. The maximum absolute atomic E-state index is 12.0. The molecule has 2 rings (SSSR count). The Bertz CT molecular complexity index is 712. The summed E-state index contributed by atoms with van der Waals surface area (Å²) in [5, 5.41) is 2.70. The molecule has 0 bridgehead atoms. The van der Waals surface area contributed by atoms with E-state index in [1.54, 1.807) is 30.6 Å². The van der Waals surface area contributed by atoms with Crippen molar-refractivity contribution in [3.05, 3.63) is 65.2 Å². The van der Waals surface area contributed by atoms with Gasteiger partial charge in [0.1, 0.15) is 4.38 Å². The van der Waals surface area contributed by atoms with Crippen LogP contribution in [0, 0.1) is 6.92 Å². The quantitative estimate of drug-likeness (QED) is 0.602. The smallest absolute Gasteiger partial charge is 0.251 e. The Morgan fingerprint density at radius 2 is 1.79 bits per heavy atom. The number of carbonyl (C=O) groups excluding carboxylic acids is 1. The number of amides is 1. The van der Waals surface area contributed by atoms with Crippen molar-refractivity contribution in [1.82, 2.24) is 5.32 Å². The SMILES string of the molecule is CCSC(=Nc1ccc(C)cc1)SCc1ccccc1C(=O)NC. The minimum Gasteiger partial charge on any atom is -0.355 e. The molecule has 0 atom stereocenters. The highest BCUT2D eigenvalue weighted by atomic mass is 32.2. The molecule has 0 heterocycles. The van der Waals surface area contributed by atoms with Crippen LogP contribution in [0.3, 0.4) is 0 Å². The summed E-state index contributed by atoms with van der Waals surface area (Å²) in [5.41, 5.74) is 3.94. The molecule has 2 aromatic carbocycles. The van der Waals surface area contributed by atoms with Crippen molar-refractivity contribution in [3.8, 4) is 0 Å². The van der Waals surface area contributed by atoms with E-state index < -0.39 is 0 Å². The molecule has 24 heavy (non-hydrogen) atoms. The van der Waals surface area contributed by atoms with Gasteiger partial charge in [0.25, 0.3) is 5.91 Å². The number of hydrogen-bond acceptors (Lipinski definition) is 4. The van der Waals surface area contributed by atoms with Crippen LogP contribution in [0.2, 0.25) is 0 Å². The average Bonchev–Trinajstić information content (AvgIpc) is 2.61. The fraction of sp³-hybridized carbons (Fsp3) is 0.263. The summed E-state index contributed by atoms with van der Waals surface area (Å²) in [6.07, 6.45) is 0. The molecule has 0 saturated heterocycles. The molecule has 0 spiro atoms. The van der Waals surface area contributed by atoms with Crippen molar-refractivity contribution in [1.29, 1.82) is 0 Å². The van der Waals surface area contributed by atoms with Crippen molar-refractivity contribution >= 4 is 39.5 Å². The fourth-order valence-corrected chi connectivity index (χ4v) is 4.08. The minimum atomic E-state index is -0.0497. The van der Waals surface area contributed by atoms with Gasteiger partial charge in [0, 0.05) is 18.4 Å². The maximum atomic E-state index is 12.0. The van der Waals surface area contributed by atoms with Gasteiger partial charge in [-0.3, -0.25) is 4.79 Å². The lowest BCUT2D eigenvalue weighted by Gasteiger charge is -2.09. The predicted octanol–water partition coefficient (Wildman–Crippen LogP) is 5.03. The summed E-state index contributed by atoms with van der Waals surface area (Å²) in [4.78, 5) is 16.7. The van der Waals surface area contributed by atoms with Crippen LogP contribution in [0.5, 0.6) is 0 Å². The molecule has 0 aliphatic rings. The number of rotatable bonds is 5. The van der Waals surface area contributed by atoms with E-state index in [2.05, 4.69) is 31.3 Å². The third-order valence-electron chi connectivity index (χ3n) is 3.36. The Balaban J connectivity index is 2.15. The fourth-order valence-electron chi connectivity index (χ4n) is 2.10. The lowest BCUT2D eigenvalue weighted by Crippen LogP contribution is -2.19. The van der Waals surface area contributed by atoms with E-state index in [1.165, 1.54) is 5.56 Å². The zero-order chi connectivity index (χ0) is 17.4. The van der Waals surface area contributed by atoms with Crippen molar-refractivity contribution in [3.63, 3.8) is 0 Å². The van der Waals surface area contributed by atoms with Crippen LogP contribution in [0.15, 0.2) is 53.5 Å². The molecule has 1 N–H and O–H groups in total. The predicted molar refractivity (Wildman–Crippen MR) is 108 cm³/mol. The van der Waals surface area contributed by atoms with Gasteiger partial charge in [-0.1, -0.05) is 66.3 Å². The lowest BCUT2D eigenvalue weighted by molar-refractivity contribution is 0.0962. The molecule has 0 saturated carbocycles. The maximum Gasteiger partial charge on any atom is 0.251 e. The first-order valence-electron chi connectivity index (χ1n) is 7.85. The largest absolute Gasteiger partial charge is 0.355 e. The zero-order valence-corrected chi connectivity index (χ0v) is 15.8. The van der Waals surface area contributed by atoms with Gasteiger partial charge in [-0.15, -0.1) is 0 Å². The summed E-state index contributed by atoms with van der Waals surface area (Å²) >= 11 is 3.40. The van der Waals surface area contributed by atoms with Gasteiger partial charge in [0.05, 0.1) is 5.69 Å². The van der Waals surface area contributed by atoms with E-state index in [9.17, 15) is 4.79 Å². The number of nitrogens with zero attached hydrogens (tertiary/aromatic N) is 1. The average molecular weight is 359 g/mol. The Labute approximate surface area is 152 Å². The zero-order valence-electron chi connectivity index (χ0n) is 14.2. The second-order valence-corrected chi connectivity index (χ2v) is 7.65. The van der Waals surface area contributed by atoms with Crippen LogP contribution in [-0.2, 0) is 5.75 Å². The summed E-state index contributed by atoms with van der Waals surface area (Å²) in [6.45, 7) is 4.19. The van der Waals surface area contributed by atoms with Gasteiger partial charge in [0.15, 0.2) is 0 Å². The van der Waals surface area contributed by atoms with Crippen molar-refractivity contribution in [2.75, 3.05) is 12.8 Å². The van der Waals surface area contributed by atoms with Crippen LogP contribution < -0.4 is 5.32 Å². The molecule has 0 aliphatic carbocycles. The Kier molecular flexibility index (Phi) is 7.40. The number of aliphatic imine (C=N–C) groups is 1. The van der Waals surface area contributed by atoms with E-state index in [0.717, 1.165) is 32.7 Å². The van der Waals surface area contributed by atoms with Gasteiger partial charge in [-0.2, -0.15) is 0 Å². The standard InChI is InChI=1S/C19H22N2OS2/c1-4-23-19(21-16-11-9-14(2)10-12-16)24-13-15-7-5-6-8-17(15)18(22)20-3/h5-12H,4,13H2,1-3H3,(H,20,22). The van der Waals surface area contributed by atoms with Gasteiger partial charge < -0.3 is 5.32 Å². The molecule has 0 radical (unpaired) electrons. The van der Waals surface area contributed by atoms with Crippen molar-refractivity contribution in [2.24, 2.45) is 4.99 Å². The highest BCUT2D eigenvalue weighted by molar-refractivity contribution is 8.38. The topological polar surface area (TPSA) is 41.5 Å². The van der Waals surface area contributed by atoms with Gasteiger partial charge >= 0.3 is 0 Å². The second kappa shape index (κ2) is 9.55. The summed E-state index contributed by atoms with van der Waals surface area (Å²) in [7, 11) is 1.66. The number of carbonyl (C=O) groups is 1. The lowest BCUT2D eigenvalue weighted by atomic mass is 10.1. The number of hydrogen-bond donors (Lipinski definition) is 1. The number of thioether (sulfide) groups is 2. The first-order chi connectivity index (χ1) is 11.6. The molecule has 5 heteroatoms. The highest BCUT2D eigenvalue weighted by Crippen LogP contribution is 2.26. The molecule has 0 aromatic heterocycles. The molecule has 0 aliphatic heterocycles.